The molecule has 0 bridgehead atoms. The molecule has 0 aliphatic carbocycles. The van der Waals surface area contributed by atoms with E-state index in [4.69, 9.17) is 27.9 Å². The van der Waals surface area contributed by atoms with Crippen LogP contribution in [0, 0.1) is 27.7 Å². The standard InChI is InChI=1S/C40H36Cl2N4O4/c1-21-16-28(17-22(2)36(21)42)50-15-7-9-30-31-13-14-32(41)35(34-24(4)43-20-44-25(34)5)37(31)46-23(3)19-45(39(47)38(30)46)33-10-6-8-26-18-27(40(48)49)11-12-29(26)33/h6,8,10-14,16-18,20,23H,7,9,15,19H2,1-5H3,(H,48,49)/t23-/m1/s1. The van der Waals surface area contributed by atoms with E-state index < -0.39 is 5.97 Å². The van der Waals surface area contributed by atoms with Gasteiger partial charge in [0, 0.05) is 50.9 Å². The molecule has 3 heterocycles. The number of fused-ring (bicyclic) bond motifs is 4. The van der Waals surface area contributed by atoms with Crippen molar-refractivity contribution in [3.63, 3.8) is 0 Å². The Kier molecular flexibility index (Phi) is 8.78. The van der Waals surface area contributed by atoms with Crippen molar-refractivity contribution in [3.8, 4) is 16.9 Å². The zero-order valence-corrected chi connectivity index (χ0v) is 30.0. The van der Waals surface area contributed by atoms with Gasteiger partial charge in [-0.25, -0.2) is 14.8 Å². The van der Waals surface area contributed by atoms with Crippen LogP contribution in [0.15, 0.2) is 67.0 Å². The maximum atomic E-state index is 14.9. The predicted molar refractivity (Wildman–Crippen MR) is 199 cm³/mol. The minimum atomic E-state index is -0.997. The zero-order valence-electron chi connectivity index (χ0n) is 28.5. The highest BCUT2D eigenvalue weighted by atomic mass is 35.5. The number of anilines is 1. The highest BCUT2D eigenvalue weighted by molar-refractivity contribution is 6.35. The first-order valence-electron chi connectivity index (χ1n) is 16.6. The summed E-state index contributed by atoms with van der Waals surface area (Å²) >= 11 is 13.4. The molecule has 2 aromatic heterocycles. The van der Waals surface area contributed by atoms with Gasteiger partial charge in [0.15, 0.2) is 0 Å². The summed E-state index contributed by atoms with van der Waals surface area (Å²) in [6.45, 7) is 10.8. The van der Waals surface area contributed by atoms with Gasteiger partial charge >= 0.3 is 5.97 Å². The Labute approximate surface area is 300 Å². The molecule has 0 saturated heterocycles. The van der Waals surface area contributed by atoms with Crippen molar-refractivity contribution < 1.29 is 19.4 Å². The lowest BCUT2D eigenvalue weighted by Gasteiger charge is -2.35. The molecule has 4 aromatic carbocycles. The molecule has 0 unspecified atom stereocenters. The van der Waals surface area contributed by atoms with Gasteiger partial charge in [0.05, 0.1) is 28.4 Å². The van der Waals surface area contributed by atoms with Gasteiger partial charge in [-0.3, -0.25) is 4.79 Å². The summed E-state index contributed by atoms with van der Waals surface area (Å²) in [7, 11) is 0. The SMILES string of the molecule is Cc1cc(OCCCc2c3n(c4c(-c5c(C)ncnc5C)c(Cl)ccc24)[C@H](C)CN(c2cccc4cc(C(=O)O)ccc24)C3=O)cc(C)c1Cl. The van der Waals surface area contributed by atoms with Gasteiger partial charge in [-0.15, -0.1) is 0 Å². The fraction of sp³-hybridized carbons (Fsp3) is 0.250. The number of rotatable bonds is 8. The Bertz CT molecular complexity index is 2320. The van der Waals surface area contributed by atoms with E-state index in [9.17, 15) is 14.7 Å². The van der Waals surface area contributed by atoms with E-state index in [1.165, 1.54) is 0 Å². The van der Waals surface area contributed by atoms with Crippen molar-refractivity contribution in [2.24, 2.45) is 0 Å². The molecular formula is C40H36Cl2N4O4. The van der Waals surface area contributed by atoms with Gasteiger partial charge in [-0.1, -0.05) is 47.5 Å². The van der Waals surface area contributed by atoms with Crippen molar-refractivity contribution >= 4 is 62.4 Å². The van der Waals surface area contributed by atoms with Crippen LogP contribution in [0.1, 0.15) is 68.3 Å². The minimum Gasteiger partial charge on any atom is -0.494 e. The second-order valence-corrected chi connectivity index (χ2v) is 13.8. The third-order valence-corrected chi connectivity index (χ3v) is 10.6. The van der Waals surface area contributed by atoms with Crippen LogP contribution in [0.25, 0.3) is 32.8 Å². The molecule has 7 rings (SSSR count). The van der Waals surface area contributed by atoms with Crippen LogP contribution in [0.5, 0.6) is 5.75 Å². The van der Waals surface area contributed by atoms with Gasteiger partial charge in [0.25, 0.3) is 5.91 Å². The number of aromatic carboxylic acids is 1. The van der Waals surface area contributed by atoms with Gasteiger partial charge in [-0.2, -0.15) is 0 Å². The summed E-state index contributed by atoms with van der Waals surface area (Å²) in [5.74, 6) is -0.368. The molecule has 1 aliphatic heterocycles. The van der Waals surface area contributed by atoms with E-state index in [-0.39, 0.29) is 17.5 Å². The lowest BCUT2D eigenvalue weighted by atomic mass is 9.97. The van der Waals surface area contributed by atoms with Gasteiger partial charge in [0.1, 0.15) is 17.8 Å². The first-order chi connectivity index (χ1) is 24.0. The number of aromatic nitrogens is 3. The lowest BCUT2D eigenvalue weighted by Crippen LogP contribution is -2.42. The summed E-state index contributed by atoms with van der Waals surface area (Å²) < 4.78 is 8.34. The van der Waals surface area contributed by atoms with Crippen LogP contribution >= 0.6 is 23.2 Å². The summed E-state index contributed by atoms with van der Waals surface area (Å²) in [4.78, 5) is 37.5. The Balaban J connectivity index is 1.37. The summed E-state index contributed by atoms with van der Waals surface area (Å²) in [6, 6.07) is 18.3. The second kappa shape index (κ2) is 13.1. The van der Waals surface area contributed by atoms with Crippen LogP contribution in [-0.2, 0) is 6.42 Å². The molecule has 50 heavy (non-hydrogen) atoms. The van der Waals surface area contributed by atoms with Gasteiger partial charge in [0.2, 0.25) is 0 Å². The zero-order chi connectivity index (χ0) is 35.4. The van der Waals surface area contributed by atoms with E-state index >= 15 is 0 Å². The lowest BCUT2D eigenvalue weighted by molar-refractivity contribution is 0.0696. The molecular weight excluding hydrogens is 671 g/mol. The normalized spacial score (nSPS) is 14.4. The van der Waals surface area contributed by atoms with E-state index in [0.29, 0.717) is 36.7 Å². The molecule has 1 atom stereocenters. The first-order valence-corrected chi connectivity index (χ1v) is 17.3. The Hall–Kier alpha value is -4.92. The third-order valence-electron chi connectivity index (χ3n) is 9.68. The number of hydrogen-bond donors (Lipinski definition) is 1. The van der Waals surface area contributed by atoms with Crippen molar-refractivity contribution in [1.82, 2.24) is 14.5 Å². The van der Waals surface area contributed by atoms with Crippen LogP contribution < -0.4 is 9.64 Å². The van der Waals surface area contributed by atoms with Gasteiger partial charge < -0.3 is 19.3 Å². The number of nitrogens with zero attached hydrogens (tertiary/aromatic N) is 4. The predicted octanol–water partition coefficient (Wildman–Crippen LogP) is 9.72. The fourth-order valence-electron chi connectivity index (χ4n) is 7.39. The summed E-state index contributed by atoms with van der Waals surface area (Å²) in [6.07, 6.45) is 2.79. The topological polar surface area (TPSA) is 97.6 Å². The Morgan fingerprint density at radius 1 is 0.940 bits per heavy atom. The quantitative estimate of drug-likeness (QED) is 0.158. The van der Waals surface area contributed by atoms with Crippen molar-refractivity contribution in [1.29, 1.82) is 0 Å². The minimum absolute atomic E-state index is 0.131. The van der Waals surface area contributed by atoms with E-state index in [2.05, 4.69) is 21.5 Å². The molecule has 10 heteroatoms. The smallest absolute Gasteiger partial charge is 0.335 e. The number of carboxylic acid groups (broad SMARTS) is 1. The molecule has 1 N–H and O–H groups in total. The number of aryl methyl sites for hydroxylation is 5. The number of halogens is 2. The molecule has 0 radical (unpaired) electrons. The Morgan fingerprint density at radius 2 is 1.64 bits per heavy atom. The van der Waals surface area contributed by atoms with Crippen LogP contribution in [-0.4, -0.2) is 44.7 Å². The maximum absolute atomic E-state index is 14.9. The molecule has 0 fully saturated rings. The van der Waals surface area contributed by atoms with E-state index in [1.54, 1.807) is 24.5 Å². The molecule has 6 aromatic rings. The first kappa shape index (κ1) is 33.6. The summed E-state index contributed by atoms with van der Waals surface area (Å²) in [5, 5.41) is 13.4. The van der Waals surface area contributed by atoms with Crippen LogP contribution in [0.4, 0.5) is 5.69 Å². The monoisotopic (exact) mass is 706 g/mol. The fourth-order valence-corrected chi connectivity index (χ4v) is 7.75. The van der Waals surface area contributed by atoms with Crippen molar-refractivity contribution in [2.45, 2.75) is 53.5 Å². The number of carbonyl (C=O) groups excluding carboxylic acids is 1. The van der Waals surface area contributed by atoms with E-state index in [1.807, 2.05) is 75.1 Å². The summed E-state index contributed by atoms with van der Waals surface area (Å²) in [5.41, 5.74) is 8.54. The molecule has 0 spiro atoms. The molecule has 254 valence electrons. The number of amides is 1. The number of carbonyl (C=O) groups is 2. The average molecular weight is 708 g/mol. The van der Waals surface area contributed by atoms with Gasteiger partial charge in [-0.05, 0) is 106 Å². The van der Waals surface area contributed by atoms with Crippen LogP contribution in [0.2, 0.25) is 10.0 Å². The molecule has 0 saturated carbocycles. The number of ether oxygens (including phenoxy) is 1. The molecule has 8 nitrogen and oxygen atoms in total. The van der Waals surface area contributed by atoms with Crippen molar-refractivity contribution in [2.75, 3.05) is 18.1 Å². The number of carboxylic acids is 1. The Morgan fingerprint density at radius 3 is 2.34 bits per heavy atom. The van der Waals surface area contributed by atoms with E-state index in [0.717, 1.165) is 77.3 Å². The second-order valence-electron chi connectivity index (χ2n) is 13.0. The average Bonchev–Trinajstić information content (AvgIpc) is 3.42. The largest absolute Gasteiger partial charge is 0.494 e. The molecule has 1 amide bonds. The highest BCUT2D eigenvalue weighted by Crippen LogP contribution is 2.45. The number of benzene rings is 4. The molecule has 1 aliphatic rings. The van der Waals surface area contributed by atoms with Crippen LogP contribution in [0.3, 0.4) is 0 Å². The van der Waals surface area contributed by atoms with Crippen molar-refractivity contribution in [3.05, 3.63) is 116 Å². The maximum Gasteiger partial charge on any atom is 0.335 e. The third kappa shape index (κ3) is 5.66. The number of hydrogen-bond acceptors (Lipinski definition) is 5. The highest BCUT2D eigenvalue weighted by Gasteiger charge is 2.37.